The van der Waals surface area contributed by atoms with Gasteiger partial charge >= 0.3 is 0 Å². The lowest BCUT2D eigenvalue weighted by atomic mass is 10.0. The van der Waals surface area contributed by atoms with Crippen LogP contribution in [0.5, 0.6) is 0 Å². The minimum atomic E-state index is -4.54. The summed E-state index contributed by atoms with van der Waals surface area (Å²) in [6.07, 6.45) is 0. The van der Waals surface area contributed by atoms with Crippen molar-refractivity contribution in [2.24, 2.45) is 5.14 Å². The first-order valence-corrected chi connectivity index (χ1v) is 9.13. The minimum Gasteiger partial charge on any atom is -0.282 e. The van der Waals surface area contributed by atoms with Gasteiger partial charge in [0.15, 0.2) is 16.9 Å². The van der Waals surface area contributed by atoms with Crippen molar-refractivity contribution < 1.29 is 30.4 Å². The van der Waals surface area contributed by atoms with E-state index in [1.807, 2.05) is 0 Å². The van der Waals surface area contributed by atoms with Crippen LogP contribution in [0.3, 0.4) is 0 Å². The van der Waals surface area contributed by atoms with E-state index in [-0.39, 0.29) is 11.1 Å². The lowest BCUT2D eigenvalue weighted by Gasteiger charge is -2.09. The van der Waals surface area contributed by atoms with Crippen LogP contribution in [0.2, 0.25) is 0 Å². The van der Waals surface area contributed by atoms with Gasteiger partial charge in [-0.05, 0) is 34.1 Å². The molecule has 3 rings (SSSR count). The van der Waals surface area contributed by atoms with Gasteiger partial charge in [0.05, 0.1) is 4.90 Å². The number of fused-ring (bicyclic) bond motifs is 1. The van der Waals surface area contributed by atoms with Crippen LogP contribution in [0.25, 0.3) is 22.2 Å². The SMILES string of the molecule is NS(=O)(=O)c1c(-c2cccc(S(=O)(=O)O)c2)cc(F)c2nonc12. The molecule has 0 saturated carbocycles. The van der Waals surface area contributed by atoms with Crippen LogP contribution < -0.4 is 5.14 Å². The molecule has 0 radical (unpaired) electrons. The molecular weight excluding hydrogens is 365 g/mol. The molecule has 2 aromatic carbocycles. The molecule has 1 heterocycles. The smallest absolute Gasteiger partial charge is 0.282 e. The normalized spacial score (nSPS) is 12.6. The molecule has 12 heteroatoms. The predicted octanol–water partition coefficient (Wildman–Crippen LogP) is 0.923. The fourth-order valence-corrected chi connectivity index (χ4v) is 3.62. The van der Waals surface area contributed by atoms with Crippen LogP contribution in [0, 0.1) is 5.82 Å². The van der Waals surface area contributed by atoms with Gasteiger partial charge in [-0.1, -0.05) is 12.1 Å². The zero-order valence-electron chi connectivity index (χ0n) is 11.5. The Kier molecular flexibility index (Phi) is 3.64. The van der Waals surface area contributed by atoms with Gasteiger partial charge in [0.1, 0.15) is 4.90 Å². The molecule has 3 aromatic rings. The average molecular weight is 373 g/mol. The molecule has 0 aliphatic rings. The van der Waals surface area contributed by atoms with Gasteiger partial charge in [0.25, 0.3) is 10.1 Å². The van der Waals surface area contributed by atoms with Gasteiger partial charge in [-0.25, -0.2) is 22.6 Å². The fraction of sp³-hybridized carbons (Fsp3) is 0. The summed E-state index contributed by atoms with van der Waals surface area (Å²) in [6.45, 7) is 0. The van der Waals surface area contributed by atoms with Crippen molar-refractivity contribution in [3.05, 3.63) is 36.1 Å². The van der Waals surface area contributed by atoms with Gasteiger partial charge < -0.3 is 0 Å². The molecule has 1 aromatic heterocycles. The summed E-state index contributed by atoms with van der Waals surface area (Å²) in [5.74, 6) is -0.939. The molecule has 0 atom stereocenters. The van der Waals surface area contributed by atoms with Crippen LogP contribution in [0.4, 0.5) is 4.39 Å². The first-order valence-electron chi connectivity index (χ1n) is 6.14. The highest BCUT2D eigenvalue weighted by Gasteiger charge is 2.26. The van der Waals surface area contributed by atoms with Crippen molar-refractivity contribution in [3.63, 3.8) is 0 Å². The maximum Gasteiger partial charge on any atom is 0.294 e. The Bertz CT molecular complexity index is 1170. The lowest BCUT2D eigenvalue weighted by Crippen LogP contribution is -2.14. The number of sulfonamides is 1. The van der Waals surface area contributed by atoms with E-state index in [1.54, 1.807) is 0 Å². The molecule has 0 unspecified atom stereocenters. The Morgan fingerprint density at radius 3 is 2.38 bits per heavy atom. The van der Waals surface area contributed by atoms with Crippen LogP contribution in [0.15, 0.2) is 44.8 Å². The number of hydrogen-bond acceptors (Lipinski definition) is 7. The molecule has 24 heavy (non-hydrogen) atoms. The van der Waals surface area contributed by atoms with Crippen LogP contribution >= 0.6 is 0 Å². The monoisotopic (exact) mass is 373 g/mol. The molecule has 0 saturated heterocycles. The van der Waals surface area contributed by atoms with Crippen molar-refractivity contribution in [2.45, 2.75) is 9.79 Å². The molecule has 0 spiro atoms. The van der Waals surface area contributed by atoms with E-state index < -0.39 is 46.8 Å². The summed E-state index contributed by atoms with van der Waals surface area (Å²) < 4.78 is 73.9. The molecule has 9 nitrogen and oxygen atoms in total. The van der Waals surface area contributed by atoms with E-state index in [4.69, 9.17) is 9.69 Å². The van der Waals surface area contributed by atoms with Gasteiger partial charge in [-0.15, -0.1) is 0 Å². The third kappa shape index (κ3) is 2.75. The fourth-order valence-electron chi connectivity index (χ4n) is 2.21. The molecule has 0 aliphatic carbocycles. The van der Waals surface area contributed by atoms with E-state index in [1.165, 1.54) is 12.1 Å². The molecule has 0 bridgehead atoms. The van der Waals surface area contributed by atoms with E-state index >= 15 is 0 Å². The number of benzene rings is 2. The number of halogens is 1. The Labute approximate surface area is 134 Å². The zero-order valence-corrected chi connectivity index (χ0v) is 13.2. The van der Waals surface area contributed by atoms with Gasteiger partial charge in [-0.2, -0.15) is 8.42 Å². The quantitative estimate of drug-likeness (QED) is 0.643. The first kappa shape index (κ1) is 16.4. The number of nitrogens with zero attached hydrogens (tertiary/aromatic N) is 2. The summed E-state index contributed by atoms with van der Waals surface area (Å²) in [5, 5.41) is 11.8. The van der Waals surface area contributed by atoms with Crippen molar-refractivity contribution in [3.8, 4) is 11.1 Å². The Hall–Kier alpha value is -2.41. The van der Waals surface area contributed by atoms with Crippen LogP contribution in [0.1, 0.15) is 0 Å². The van der Waals surface area contributed by atoms with Gasteiger partial charge in [0, 0.05) is 5.56 Å². The lowest BCUT2D eigenvalue weighted by molar-refractivity contribution is 0.314. The van der Waals surface area contributed by atoms with Gasteiger partial charge in [0.2, 0.25) is 10.0 Å². The molecule has 126 valence electrons. The van der Waals surface area contributed by atoms with Crippen molar-refractivity contribution >= 4 is 31.2 Å². The summed E-state index contributed by atoms with van der Waals surface area (Å²) in [4.78, 5) is -1.08. The average Bonchev–Trinajstić information content (AvgIpc) is 2.94. The van der Waals surface area contributed by atoms with Crippen LogP contribution in [-0.4, -0.2) is 31.7 Å². The molecule has 0 amide bonds. The van der Waals surface area contributed by atoms with Gasteiger partial charge in [-0.3, -0.25) is 4.55 Å². The second-order valence-corrected chi connectivity index (χ2v) is 7.66. The largest absolute Gasteiger partial charge is 0.294 e. The summed E-state index contributed by atoms with van der Waals surface area (Å²) in [7, 11) is -8.93. The summed E-state index contributed by atoms with van der Waals surface area (Å²) in [6, 6.07) is 5.43. The molecular formula is C12H8FN3O6S2. The van der Waals surface area contributed by atoms with E-state index in [0.29, 0.717) is 0 Å². The first-order chi connectivity index (χ1) is 11.1. The highest BCUT2D eigenvalue weighted by atomic mass is 32.2. The number of hydrogen-bond donors (Lipinski definition) is 2. The maximum atomic E-state index is 14.1. The third-order valence-corrected chi connectivity index (χ3v) is 5.00. The Morgan fingerprint density at radius 1 is 1.08 bits per heavy atom. The highest BCUT2D eigenvalue weighted by molar-refractivity contribution is 7.89. The minimum absolute atomic E-state index is 0.0158. The number of primary sulfonamides is 1. The second kappa shape index (κ2) is 5.31. The van der Waals surface area contributed by atoms with Crippen molar-refractivity contribution in [1.82, 2.24) is 10.3 Å². The number of nitrogens with two attached hydrogens (primary N) is 1. The standard InChI is InChI=1S/C12H8FN3O6S2/c13-9-5-8(6-2-1-3-7(4-6)24(19,20)21)12(23(14,17)18)11-10(9)15-22-16-11/h1-5H,(H2,14,17,18)(H,19,20,21). The van der Waals surface area contributed by atoms with Crippen molar-refractivity contribution in [1.29, 1.82) is 0 Å². The zero-order chi connectivity index (χ0) is 17.7. The van der Waals surface area contributed by atoms with Crippen molar-refractivity contribution in [2.75, 3.05) is 0 Å². The van der Waals surface area contributed by atoms with E-state index in [2.05, 4.69) is 14.9 Å². The summed E-state index contributed by atoms with van der Waals surface area (Å²) >= 11 is 0. The maximum absolute atomic E-state index is 14.1. The van der Waals surface area contributed by atoms with E-state index in [0.717, 1.165) is 18.2 Å². The number of rotatable bonds is 3. The van der Waals surface area contributed by atoms with Crippen LogP contribution in [-0.2, 0) is 20.1 Å². The second-order valence-electron chi connectivity index (χ2n) is 4.74. The molecule has 3 N–H and O–H groups in total. The number of aromatic nitrogens is 2. The Morgan fingerprint density at radius 2 is 1.75 bits per heavy atom. The topological polar surface area (TPSA) is 153 Å². The molecule has 0 aliphatic heterocycles. The molecule has 0 fully saturated rings. The summed E-state index contributed by atoms with van der Waals surface area (Å²) in [5.41, 5.74) is -1.12. The van der Waals surface area contributed by atoms with E-state index in [9.17, 15) is 21.2 Å². The highest BCUT2D eigenvalue weighted by Crippen LogP contribution is 2.34. The third-order valence-electron chi connectivity index (χ3n) is 3.17. The predicted molar refractivity (Wildman–Crippen MR) is 78.4 cm³/mol. The Balaban J connectivity index is 2.43.